The zero-order valence-corrected chi connectivity index (χ0v) is 9.51. The van der Waals surface area contributed by atoms with Crippen LogP contribution in [0.5, 0.6) is 0 Å². The molecule has 0 aliphatic rings. The number of pyridine rings is 1. The van der Waals surface area contributed by atoms with Gasteiger partial charge in [0.05, 0.1) is 17.5 Å². The summed E-state index contributed by atoms with van der Waals surface area (Å²) in [5, 5.41) is 10.2. The van der Waals surface area contributed by atoms with Gasteiger partial charge in [0, 0.05) is 11.6 Å². The summed E-state index contributed by atoms with van der Waals surface area (Å²) in [5.41, 5.74) is 1.99. The fourth-order valence-electron chi connectivity index (χ4n) is 1.87. The van der Waals surface area contributed by atoms with E-state index in [9.17, 15) is 0 Å². The fraction of sp³-hybridized carbons (Fsp3) is 0.286. The number of rotatable bonds is 2. The molecule has 1 aromatic heterocycles. The van der Waals surface area contributed by atoms with Crippen molar-refractivity contribution in [2.24, 2.45) is 5.92 Å². The number of nitriles is 1. The van der Waals surface area contributed by atoms with Gasteiger partial charge < -0.3 is 0 Å². The minimum atomic E-state index is -0.0721. The summed E-state index contributed by atoms with van der Waals surface area (Å²) >= 11 is 0. The molecule has 1 aromatic carbocycles. The van der Waals surface area contributed by atoms with Crippen LogP contribution >= 0.6 is 0 Å². The Kier molecular flexibility index (Phi) is 2.87. The van der Waals surface area contributed by atoms with Gasteiger partial charge in [-0.3, -0.25) is 4.98 Å². The van der Waals surface area contributed by atoms with Crippen LogP contribution in [0.25, 0.3) is 10.9 Å². The van der Waals surface area contributed by atoms with Gasteiger partial charge in [-0.25, -0.2) is 0 Å². The van der Waals surface area contributed by atoms with Crippen molar-refractivity contribution < 1.29 is 0 Å². The van der Waals surface area contributed by atoms with Gasteiger partial charge in [-0.05, 0) is 23.6 Å². The Balaban J connectivity index is 2.51. The van der Waals surface area contributed by atoms with E-state index >= 15 is 0 Å². The average Bonchev–Trinajstić information content (AvgIpc) is 2.29. The molecule has 80 valence electrons. The van der Waals surface area contributed by atoms with Crippen molar-refractivity contribution in [1.82, 2.24) is 4.98 Å². The Bertz CT molecular complexity index is 538. The van der Waals surface area contributed by atoms with Gasteiger partial charge in [-0.1, -0.05) is 32.0 Å². The molecule has 0 amide bonds. The van der Waals surface area contributed by atoms with Crippen LogP contribution < -0.4 is 0 Å². The predicted octanol–water partition coefficient (Wildman–Crippen LogP) is 3.50. The van der Waals surface area contributed by atoms with Gasteiger partial charge in [-0.15, -0.1) is 0 Å². The number of hydrogen-bond donors (Lipinski definition) is 0. The maximum Gasteiger partial charge on any atom is 0.0750 e. The monoisotopic (exact) mass is 210 g/mol. The molecule has 1 unspecified atom stereocenters. The summed E-state index contributed by atoms with van der Waals surface area (Å²) in [7, 11) is 0. The lowest BCUT2D eigenvalue weighted by molar-refractivity contribution is 0.586. The largest absolute Gasteiger partial charge is 0.256 e. The third kappa shape index (κ3) is 1.90. The second kappa shape index (κ2) is 4.32. The van der Waals surface area contributed by atoms with E-state index < -0.39 is 0 Å². The van der Waals surface area contributed by atoms with Gasteiger partial charge >= 0.3 is 0 Å². The number of hydrogen-bond acceptors (Lipinski definition) is 2. The summed E-state index contributed by atoms with van der Waals surface area (Å²) in [6.07, 6.45) is 1.82. The summed E-state index contributed by atoms with van der Waals surface area (Å²) in [6.45, 7) is 4.12. The van der Waals surface area contributed by atoms with Crippen molar-refractivity contribution in [1.29, 1.82) is 5.26 Å². The summed E-state index contributed by atoms with van der Waals surface area (Å²) in [6, 6.07) is 12.4. The van der Waals surface area contributed by atoms with Crippen LogP contribution in [0.2, 0.25) is 0 Å². The highest BCUT2D eigenvalue weighted by Gasteiger charge is 2.15. The van der Waals surface area contributed by atoms with E-state index in [-0.39, 0.29) is 5.92 Å². The van der Waals surface area contributed by atoms with Gasteiger partial charge in [0.25, 0.3) is 0 Å². The maximum absolute atomic E-state index is 9.14. The van der Waals surface area contributed by atoms with Gasteiger partial charge in [0.15, 0.2) is 0 Å². The van der Waals surface area contributed by atoms with Crippen molar-refractivity contribution in [3.63, 3.8) is 0 Å². The maximum atomic E-state index is 9.14. The number of nitrogens with zero attached hydrogens (tertiary/aromatic N) is 2. The lowest BCUT2D eigenvalue weighted by Crippen LogP contribution is -2.04. The molecule has 1 atom stereocenters. The molecule has 16 heavy (non-hydrogen) atoms. The van der Waals surface area contributed by atoms with Crippen LogP contribution in [0.3, 0.4) is 0 Å². The third-order valence-corrected chi connectivity index (χ3v) is 2.78. The zero-order valence-electron chi connectivity index (χ0n) is 9.51. The van der Waals surface area contributed by atoms with E-state index in [1.807, 2.05) is 30.5 Å². The molecular formula is C14H14N2. The first kappa shape index (κ1) is 10.6. The molecule has 0 spiro atoms. The van der Waals surface area contributed by atoms with E-state index in [0.717, 1.165) is 16.5 Å². The molecule has 0 aliphatic carbocycles. The first-order valence-electron chi connectivity index (χ1n) is 5.46. The number of aromatic nitrogens is 1. The molecule has 2 rings (SSSR count). The van der Waals surface area contributed by atoms with Crippen LogP contribution in [0, 0.1) is 17.2 Å². The van der Waals surface area contributed by atoms with Crippen molar-refractivity contribution in [2.75, 3.05) is 0 Å². The van der Waals surface area contributed by atoms with E-state index in [0.29, 0.717) is 5.92 Å². The second-order valence-corrected chi connectivity index (χ2v) is 4.31. The molecule has 0 aliphatic heterocycles. The van der Waals surface area contributed by atoms with E-state index in [1.54, 1.807) is 0 Å². The minimum absolute atomic E-state index is 0.0721. The van der Waals surface area contributed by atoms with Crippen LogP contribution in [0.15, 0.2) is 36.5 Å². The van der Waals surface area contributed by atoms with Gasteiger partial charge in [-0.2, -0.15) is 5.26 Å². The number of benzene rings is 1. The van der Waals surface area contributed by atoms with Crippen LogP contribution in [0.4, 0.5) is 0 Å². The number of para-hydroxylation sites is 1. The Morgan fingerprint density at radius 1 is 1.25 bits per heavy atom. The Labute approximate surface area is 95.6 Å². The predicted molar refractivity (Wildman–Crippen MR) is 64.9 cm³/mol. The van der Waals surface area contributed by atoms with Gasteiger partial charge in [0.1, 0.15) is 0 Å². The smallest absolute Gasteiger partial charge is 0.0750 e. The van der Waals surface area contributed by atoms with E-state index in [4.69, 9.17) is 5.26 Å². The van der Waals surface area contributed by atoms with Crippen molar-refractivity contribution in [3.8, 4) is 6.07 Å². The molecule has 1 heterocycles. The highest BCUT2D eigenvalue weighted by atomic mass is 14.7. The summed E-state index contributed by atoms with van der Waals surface area (Å²) in [4.78, 5) is 4.38. The third-order valence-electron chi connectivity index (χ3n) is 2.78. The molecule has 2 aromatic rings. The lowest BCUT2D eigenvalue weighted by Gasteiger charge is -2.13. The Hall–Kier alpha value is -1.88. The highest BCUT2D eigenvalue weighted by Crippen LogP contribution is 2.25. The highest BCUT2D eigenvalue weighted by molar-refractivity contribution is 5.78. The minimum Gasteiger partial charge on any atom is -0.256 e. The zero-order chi connectivity index (χ0) is 11.5. The molecular weight excluding hydrogens is 196 g/mol. The molecule has 0 N–H and O–H groups in total. The van der Waals surface area contributed by atoms with E-state index in [1.165, 1.54) is 0 Å². The van der Waals surface area contributed by atoms with Crippen molar-refractivity contribution >= 4 is 10.9 Å². The quantitative estimate of drug-likeness (QED) is 0.760. The number of fused-ring (bicyclic) bond motifs is 1. The fourth-order valence-corrected chi connectivity index (χ4v) is 1.87. The van der Waals surface area contributed by atoms with Crippen LogP contribution in [-0.2, 0) is 0 Å². The second-order valence-electron chi connectivity index (χ2n) is 4.31. The van der Waals surface area contributed by atoms with Crippen LogP contribution in [-0.4, -0.2) is 4.98 Å². The standard InChI is InChI=1S/C14H14N2/c1-10(2)13(8-15)12-7-11-5-3-4-6-14(11)16-9-12/h3-7,9-10,13H,1-2H3. The van der Waals surface area contributed by atoms with Crippen molar-refractivity contribution in [3.05, 3.63) is 42.1 Å². The SMILES string of the molecule is CC(C)C(C#N)c1cnc2ccccc2c1. The summed E-state index contributed by atoms with van der Waals surface area (Å²) in [5.74, 6) is 0.241. The van der Waals surface area contributed by atoms with Gasteiger partial charge in [0.2, 0.25) is 0 Å². The van der Waals surface area contributed by atoms with Crippen molar-refractivity contribution in [2.45, 2.75) is 19.8 Å². The molecule has 2 nitrogen and oxygen atoms in total. The molecule has 0 saturated carbocycles. The molecule has 0 fully saturated rings. The normalized spacial score (nSPS) is 12.6. The topological polar surface area (TPSA) is 36.7 Å². The molecule has 0 saturated heterocycles. The Morgan fingerprint density at radius 2 is 2.00 bits per heavy atom. The average molecular weight is 210 g/mol. The first-order valence-corrected chi connectivity index (χ1v) is 5.46. The Morgan fingerprint density at radius 3 is 2.69 bits per heavy atom. The van der Waals surface area contributed by atoms with Crippen LogP contribution in [0.1, 0.15) is 25.3 Å². The molecule has 0 bridgehead atoms. The summed E-state index contributed by atoms with van der Waals surface area (Å²) < 4.78 is 0. The lowest BCUT2D eigenvalue weighted by atomic mass is 9.90. The molecule has 0 radical (unpaired) electrons. The first-order chi connectivity index (χ1) is 7.72. The molecule has 2 heteroatoms. The van der Waals surface area contributed by atoms with E-state index in [2.05, 4.69) is 31.0 Å².